The van der Waals surface area contributed by atoms with E-state index in [1.807, 2.05) is 0 Å². The van der Waals surface area contributed by atoms with Gasteiger partial charge in [-0.2, -0.15) is 0 Å². The zero-order valence-corrected chi connectivity index (χ0v) is 16.3. The molecule has 30 heavy (non-hydrogen) atoms. The van der Waals surface area contributed by atoms with Gasteiger partial charge in [0.25, 0.3) is 10.0 Å². The van der Waals surface area contributed by atoms with Crippen LogP contribution in [0.2, 0.25) is 0 Å². The van der Waals surface area contributed by atoms with Crippen LogP contribution in [0, 0.1) is 23.5 Å². The van der Waals surface area contributed by atoms with Gasteiger partial charge in [0.1, 0.15) is 0 Å². The molecule has 0 aliphatic heterocycles. The number of carbonyl (C=O) groups excluding carboxylic acids is 1. The average molecular weight is 436 g/mol. The molecular weight excluding hydrogens is 418 g/mol. The Morgan fingerprint density at radius 2 is 1.50 bits per heavy atom. The predicted molar refractivity (Wildman–Crippen MR) is 105 cm³/mol. The minimum Gasteiger partial charge on any atom is -0.481 e. The Labute approximate surface area is 171 Å². The second kappa shape index (κ2) is 8.62. The van der Waals surface area contributed by atoms with Gasteiger partial charge in [-0.15, -0.1) is 0 Å². The number of anilines is 2. The van der Waals surface area contributed by atoms with Gasteiger partial charge in [-0.05, 0) is 55.3 Å². The molecule has 0 radical (unpaired) electrons. The first kappa shape index (κ1) is 21.4. The molecule has 2 aromatic rings. The first-order chi connectivity index (χ1) is 14.2. The van der Waals surface area contributed by atoms with E-state index in [4.69, 9.17) is 0 Å². The summed E-state index contributed by atoms with van der Waals surface area (Å²) in [6.07, 6.45) is 4.09. The van der Waals surface area contributed by atoms with Crippen molar-refractivity contribution in [3.05, 3.63) is 66.3 Å². The molecular formula is C20H18F2N2O5S. The predicted octanol–water partition coefficient (Wildman–Crippen LogP) is 3.37. The Morgan fingerprint density at radius 1 is 0.900 bits per heavy atom. The minimum atomic E-state index is -4.14. The van der Waals surface area contributed by atoms with Gasteiger partial charge in [0.2, 0.25) is 5.91 Å². The molecule has 1 aliphatic carbocycles. The van der Waals surface area contributed by atoms with Crippen molar-refractivity contribution in [2.45, 2.75) is 17.7 Å². The molecule has 0 fully saturated rings. The number of hydrogen-bond acceptors (Lipinski definition) is 4. The number of carbonyl (C=O) groups is 2. The van der Waals surface area contributed by atoms with Crippen molar-refractivity contribution >= 4 is 33.3 Å². The number of aliphatic carboxylic acids is 1. The second-order valence-electron chi connectivity index (χ2n) is 6.74. The number of nitrogens with one attached hydrogen (secondary N) is 2. The van der Waals surface area contributed by atoms with Crippen LogP contribution in [0.5, 0.6) is 0 Å². The standard InChI is InChI=1S/C20H18F2N2O5S/c21-17-10-9-14(11-18(17)22)30(28,29)24-13-7-5-12(6-8-13)23-19(25)15-3-1-2-4-16(15)20(26)27/h1-2,5-11,15-16,24H,3-4H2,(H,23,25)(H,26,27)/t15-,16+/m0/s1. The van der Waals surface area contributed by atoms with Crippen molar-refractivity contribution in [2.24, 2.45) is 11.8 Å². The Kier molecular flexibility index (Phi) is 6.16. The molecule has 0 saturated heterocycles. The molecule has 7 nitrogen and oxygen atoms in total. The maximum atomic E-state index is 13.3. The quantitative estimate of drug-likeness (QED) is 0.601. The van der Waals surface area contributed by atoms with Gasteiger partial charge in [-0.1, -0.05) is 12.2 Å². The highest BCUT2D eigenvalue weighted by atomic mass is 32.2. The third-order valence-electron chi connectivity index (χ3n) is 4.69. The van der Waals surface area contributed by atoms with E-state index in [1.54, 1.807) is 12.2 Å². The first-order valence-corrected chi connectivity index (χ1v) is 10.4. The lowest BCUT2D eigenvalue weighted by Crippen LogP contribution is -2.34. The second-order valence-corrected chi connectivity index (χ2v) is 8.42. The maximum absolute atomic E-state index is 13.3. The van der Waals surface area contributed by atoms with Gasteiger partial charge in [0.15, 0.2) is 11.6 Å². The number of rotatable bonds is 6. The van der Waals surface area contributed by atoms with Crippen molar-refractivity contribution in [3.8, 4) is 0 Å². The normalized spacial score (nSPS) is 18.6. The van der Waals surface area contributed by atoms with E-state index in [1.165, 1.54) is 24.3 Å². The van der Waals surface area contributed by atoms with E-state index >= 15 is 0 Å². The van der Waals surface area contributed by atoms with Crippen molar-refractivity contribution < 1.29 is 31.9 Å². The van der Waals surface area contributed by atoms with Crippen molar-refractivity contribution in [3.63, 3.8) is 0 Å². The van der Waals surface area contributed by atoms with Gasteiger partial charge < -0.3 is 10.4 Å². The summed E-state index contributed by atoms with van der Waals surface area (Å²) in [5, 5.41) is 11.9. The Morgan fingerprint density at radius 3 is 2.10 bits per heavy atom. The van der Waals surface area contributed by atoms with Crippen LogP contribution in [0.3, 0.4) is 0 Å². The molecule has 2 aromatic carbocycles. The number of allylic oxidation sites excluding steroid dienone is 2. The summed E-state index contributed by atoms with van der Waals surface area (Å²) in [7, 11) is -4.14. The summed E-state index contributed by atoms with van der Waals surface area (Å²) in [5.74, 6) is -5.44. The summed E-state index contributed by atoms with van der Waals surface area (Å²) in [4.78, 5) is 23.3. The van der Waals surface area contributed by atoms with Crippen LogP contribution in [0.25, 0.3) is 0 Å². The molecule has 0 spiro atoms. The SMILES string of the molecule is O=C(Nc1ccc(NS(=O)(=O)c2ccc(F)c(F)c2)cc1)[C@H]1CC=CC[C@H]1C(=O)O. The van der Waals surface area contributed by atoms with E-state index in [2.05, 4.69) is 10.0 Å². The lowest BCUT2D eigenvalue weighted by molar-refractivity contribution is -0.146. The highest BCUT2D eigenvalue weighted by molar-refractivity contribution is 7.92. The van der Waals surface area contributed by atoms with Crippen LogP contribution in [0.4, 0.5) is 20.2 Å². The largest absolute Gasteiger partial charge is 0.481 e. The maximum Gasteiger partial charge on any atom is 0.307 e. The van der Waals surface area contributed by atoms with E-state index in [9.17, 15) is 31.9 Å². The minimum absolute atomic E-state index is 0.141. The van der Waals surface area contributed by atoms with E-state index in [-0.39, 0.29) is 12.1 Å². The number of sulfonamides is 1. The molecule has 0 saturated carbocycles. The zero-order valence-electron chi connectivity index (χ0n) is 15.5. The molecule has 3 N–H and O–H groups in total. The molecule has 0 bridgehead atoms. The number of amides is 1. The fraction of sp³-hybridized carbons (Fsp3) is 0.200. The Bertz CT molecular complexity index is 1100. The molecule has 2 atom stereocenters. The number of carboxylic acid groups (broad SMARTS) is 1. The number of benzene rings is 2. The third kappa shape index (κ3) is 4.82. The highest BCUT2D eigenvalue weighted by Gasteiger charge is 2.33. The van der Waals surface area contributed by atoms with Gasteiger partial charge in [-0.25, -0.2) is 17.2 Å². The van der Waals surface area contributed by atoms with Crippen LogP contribution < -0.4 is 10.0 Å². The number of carboxylic acids is 1. The number of hydrogen-bond donors (Lipinski definition) is 3. The molecule has 0 aromatic heterocycles. The smallest absolute Gasteiger partial charge is 0.307 e. The van der Waals surface area contributed by atoms with Crippen molar-refractivity contribution in [2.75, 3.05) is 10.0 Å². The molecule has 0 heterocycles. The van der Waals surface area contributed by atoms with E-state index in [0.29, 0.717) is 24.2 Å². The fourth-order valence-corrected chi connectivity index (χ4v) is 4.16. The third-order valence-corrected chi connectivity index (χ3v) is 6.07. The Hall–Kier alpha value is -3.27. The fourth-order valence-electron chi connectivity index (χ4n) is 3.09. The summed E-state index contributed by atoms with van der Waals surface area (Å²) >= 11 is 0. The molecule has 0 unspecified atom stereocenters. The van der Waals surface area contributed by atoms with Crippen molar-refractivity contribution in [1.82, 2.24) is 0 Å². The molecule has 1 amide bonds. The summed E-state index contributed by atoms with van der Waals surface area (Å²) in [6.45, 7) is 0. The van der Waals surface area contributed by atoms with Crippen LogP contribution in [0.1, 0.15) is 12.8 Å². The molecule has 10 heteroatoms. The lowest BCUT2D eigenvalue weighted by atomic mass is 9.82. The zero-order chi connectivity index (χ0) is 21.9. The van der Waals surface area contributed by atoms with Gasteiger partial charge in [-0.3, -0.25) is 14.3 Å². The van der Waals surface area contributed by atoms with Crippen LogP contribution in [0.15, 0.2) is 59.5 Å². The average Bonchev–Trinajstić information content (AvgIpc) is 2.71. The van der Waals surface area contributed by atoms with Gasteiger partial charge in [0.05, 0.1) is 16.7 Å². The van der Waals surface area contributed by atoms with Gasteiger partial charge in [0, 0.05) is 11.4 Å². The molecule has 158 valence electrons. The number of halogens is 2. The Balaban J connectivity index is 1.69. The van der Waals surface area contributed by atoms with Crippen LogP contribution in [-0.2, 0) is 19.6 Å². The summed E-state index contributed by atoms with van der Waals surface area (Å²) in [6, 6.07) is 7.86. The highest BCUT2D eigenvalue weighted by Crippen LogP contribution is 2.27. The van der Waals surface area contributed by atoms with Crippen molar-refractivity contribution in [1.29, 1.82) is 0 Å². The first-order valence-electron chi connectivity index (χ1n) is 8.94. The summed E-state index contributed by atoms with van der Waals surface area (Å²) in [5.41, 5.74) is 0.496. The molecule has 3 rings (SSSR count). The van der Waals surface area contributed by atoms with Gasteiger partial charge >= 0.3 is 5.97 Å². The summed E-state index contributed by atoms with van der Waals surface area (Å²) < 4.78 is 53.1. The monoisotopic (exact) mass is 436 g/mol. The topological polar surface area (TPSA) is 113 Å². The van der Waals surface area contributed by atoms with Crippen LogP contribution >= 0.6 is 0 Å². The lowest BCUT2D eigenvalue weighted by Gasteiger charge is -2.24. The van der Waals surface area contributed by atoms with E-state index < -0.39 is 50.3 Å². The van der Waals surface area contributed by atoms with Crippen LogP contribution in [-0.4, -0.2) is 25.4 Å². The van der Waals surface area contributed by atoms with E-state index in [0.717, 1.165) is 6.07 Å². The molecule has 1 aliphatic rings.